The summed E-state index contributed by atoms with van der Waals surface area (Å²) in [7, 11) is 2.13. The summed E-state index contributed by atoms with van der Waals surface area (Å²) in [6, 6.07) is 5.84. The van der Waals surface area contributed by atoms with Crippen molar-refractivity contribution in [2.24, 2.45) is 5.92 Å². The summed E-state index contributed by atoms with van der Waals surface area (Å²) in [4.78, 5) is 50.0. The molecule has 3 fully saturated rings. The Morgan fingerprint density at radius 3 is 2.58 bits per heavy atom. The lowest BCUT2D eigenvalue weighted by molar-refractivity contribution is -0.138. The fraction of sp³-hybridized carbons (Fsp3) is 0.556. The number of piperazine rings is 1. The number of halogens is 1. The Hall–Kier alpha value is -2.53. The molecule has 0 radical (unpaired) electrons. The van der Waals surface area contributed by atoms with Gasteiger partial charge in [-0.1, -0.05) is 26.0 Å². The van der Waals surface area contributed by atoms with Gasteiger partial charge in [0.1, 0.15) is 24.8 Å². The van der Waals surface area contributed by atoms with E-state index in [1.165, 1.54) is 4.90 Å². The van der Waals surface area contributed by atoms with E-state index in [9.17, 15) is 14.4 Å². The number of nitrogens with one attached hydrogen (secondary N) is 1. The monoisotopic (exact) mass is 559 g/mol. The number of carbonyl (C=O) groups excluding carboxylic acids is 3. The molecule has 38 heavy (non-hydrogen) atoms. The third-order valence-electron chi connectivity index (χ3n) is 7.42. The minimum Gasteiger partial charge on any atom is -0.366 e. The van der Waals surface area contributed by atoms with Crippen molar-refractivity contribution < 1.29 is 19.1 Å². The number of Topliss-reactive ketones (excluding diaryl/α,β-unsaturated/α-hetero) is 1. The first-order valence-electron chi connectivity index (χ1n) is 13.1. The van der Waals surface area contributed by atoms with E-state index >= 15 is 0 Å². The fourth-order valence-corrected chi connectivity index (χ4v) is 6.54. The molecular formula is C27H34ClN5O4S. The number of amides is 2. The maximum atomic E-state index is 13.5. The van der Waals surface area contributed by atoms with Crippen LogP contribution < -0.4 is 10.2 Å². The lowest BCUT2D eigenvalue weighted by Gasteiger charge is -2.32. The van der Waals surface area contributed by atoms with E-state index in [1.807, 2.05) is 31.4 Å². The molecule has 1 aromatic heterocycles. The second-order valence-corrected chi connectivity index (χ2v) is 12.1. The van der Waals surface area contributed by atoms with Crippen LogP contribution in [0.1, 0.15) is 30.6 Å². The number of likely N-dealkylation sites (tertiary alicyclic amines) is 1. The summed E-state index contributed by atoms with van der Waals surface area (Å²) < 4.78 is 5.51. The van der Waals surface area contributed by atoms with Crippen LogP contribution in [0.15, 0.2) is 29.6 Å². The predicted molar refractivity (Wildman–Crippen MR) is 148 cm³/mol. The van der Waals surface area contributed by atoms with E-state index in [1.54, 1.807) is 23.5 Å². The van der Waals surface area contributed by atoms with Gasteiger partial charge in [0.05, 0.1) is 11.1 Å². The van der Waals surface area contributed by atoms with E-state index in [0.29, 0.717) is 12.0 Å². The highest BCUT2D eigenvalue weighted by Gasteiger charge is 2.52. The molecule has 0 spiro atoms. The number of anilines is 1. The normalized spacial score (nSPS) is 24.7. The van der Waals surface area contributed by atoms with E-state index in [2.05, 4.69) is 22.2 Å². The summed E-state index contributed by atoms with van der Waals surface area (Å²) in [5.41, 5.74) is 2.27. The number of likely N-dealkylation sites (N-methyl/N-ethyl adjacent to an activating group) is 1. The molecule has 0 aliphatic carbocycles. The molecule has 1 N–H and O–H groups in total. The van der Waals surface area contributed by atoms with E-state index in [4.69, 9.17) is 21.3 Å². The Morgan fingerprint density at radius 2 is 1.89 bits per heavy atom. The molecule has 4 atom stereocenters. The van der Waals surface area contributed by atoms with Crippen molar-refractivity contribution >= 4 is 45.7 Å². The zero-order valence-electron chi connectivity index (χ0n) is 21.9. The molecule has 3 aliphatic rings. The van der Waals surface area contributed by atoms with Gasteiger partial charge < -0.3 is 24.8 Å². The van der Waals surface area contributed by atoms with Crippen LogP contribution in [-0.2, 0) is 14.3 Å². The molecule has 11 heteroatoms. The Balaban J connectivity index is 1.26. The van der Waals surface area contributed by atoms with E-state index in [0.717, 1.165) is 42.6 Å². The number of ketones is 1. The van der Waals surface area contributed by atoms with Gasteiger partial charge in [-0.3, -0.25) is 14.4 Å². The average molecular weight is 560 g/mol. The smallest absolute Gasteiger partial charge is 0.251 e. The van der Waals surface area contributed by atoms with Crippen molar-refractivity contribution in [1.29, 1.82) is 0 Å². The molecule has 5 rings (SSSR count). The van der Waals surface area contributed by atoms with Crippen molar-refractivity contribution in [3.8, 4) is 11.3 Å². The fourth-order valence-electron chi connectivity index (χ4n) is 5.29. The standard InChI is InChI=1S/C27H34ClN5O4S/c1-16(2)12-20(26(36)33-13-19(28)24-23(33)22(34)14-37-24)29-25(35)18-6-4-17(5-7-18)21-15-38-27(30-21)32-10-8-31(3)9-11-32/h4-7,15-16,19-20,23-24H,8-14H2,1-3H3,(H,29,35)/t19-,20-,23+,24+/m0/s1. The lowest BCUT2D eigenvalue weighted by Crippen LogP contribution is -2.52. The molecule has 204 valence electrons. The third kappa shape index (κ3) is 5.59. The molecule has 0 unspecified atom stereocenters. The topological polar surface area (TPSA) is 95.1 Å². The summed E-state index contributed by atoms with van der Waals surface area (Å²) in [6.45, 7) is 8.15. The number of hydrogen-bond donors (Lipinski definition) is 1. The summed E-state index contributed by atoms with van der Waals surface area (Å²) in [5, 5.41) is 5.52. The second kappa shape index (κ2) is 11.3. The highest BCUT2D eigenvalue weighted by atomic mass is 35.5. The zero-order valence-corrected chi connectivity index (χ0v) is 23.5. The number of ether oxygens (including phenoxy) is 1. The first kappa shape index (κ1) is 27.1. The van der Waals surface area contributed by atoms with Crippen LogP contribution in [-0.4, -0.2) is 102 Å². The number of aromatic nitrogens is 1. The van der Waals surface area contributed by atoms with Crippen LogP contribution in [0.5, 0.6) is 0 Å². The summed E-state index contributed by atoms with van der Waals surface area (Å²) in [5.74, 6) is -0.611. The number of fused-ring (bicyclic) bond motifs is 1. The molecular weight excluding hydrogens is 526 g/mol. The van der Waals surface area contributed by atoms with Gasteiger partial charge in [-0.25, -0.2) is 4.98 Å². The Morgan fingerprint density at radius 1 is 1.18 bits per heavy atom. The van der Waals surface area contributed by atoms with Gasteiger partial charge in [0.2, 0.25) is 5.91 Å². The number of rotatable bonds is 7. The molecule has 4 heterocycles. The Bertz CT molecular complexity index is 1180. The van der Waals surface area contributed by atoms with E-state index < -0.39 is 23.6 Å². The van der Waals surface area contributed by atoms with Gasteiger partial charge in [0, 0.05) is 49.2 Å². The average Bonchev–Trinajstić information content (AvgIpc) is 3.62. The number of hydrogen-bond acceptors (Lipinski definition) is 8. The second-order valence-electron chi connectivity index (χ2n) is 10.7. The van der Waals surface area contributed by atoms with Crippen molar-refractivity contribution in [3.05, 3.63) is 35.2 Å². The first-order chi connectivity index (χ1) is 18.2. The number of alkyl halides is 1. The molecule has 3 saturated heterocycles. The summed E-state index contributed by atoms with van der Waals surface area (Å²) in [6.07, 6.45) is -0.0366. The van der Waals surface area contributed by atoms with Crippen molar-refractivity contribution in [1.82, 2.24) is 20.1 Å². The van der Waals surface area contributed by atoms with Crippen molar-refractivity contribution in [3.63, 3.8) is 0 Å². The maximum absolute atomic E-state index is 13.5. The largest absolute Gasteiger partial charge is 0.366 e. The van der Waals surface area contributed by atoms with Gasteiger partial charge in [-0.05, 0) is 31.5 Å². The molecule has 2 amide bonds. The van der Waals surface area contributed by atoms with Crippen LogP contribution >= 0.6 is 22.9 Å². The SMILES string of the molecule is CC(C)C[C@H](NC(=O)c1ccc(-c2csc(N3CCN(C)CC3)n2)cc1)C(=O)N1C[C@H](Cl)[C@H]2OCC(=O)[C@H]21. The van der Waals surface area contributed by atoms with Crippen molar-refractivity contribution in [2.45, 2.75) is 43.8 Å². The van der Waals surface area contributed by atoms with Crippen LogP contribution in [0.4, 0.5) is 5.13 Å². The van der Waals surface area contributed by atoms with E-state index in [-0.39, 0.29) is 36.7 Å². The van der Waals surface area contributed by atoms with Gasteiger partial charge in [0.25, 0.3) is 5.91 Å². The van der Waals surface area contributed by atoms with Gasteiger partial charge in [0.15, 0.2) is 10.9 Å². The highest BCUT2D eigenvalue weighted by Crippen LogP contribution is 2.32. The lowest BCUT2D eigenvalue weighted by atomic mass is 10.0. The Labute approximate surface area is 232 Å². The summed E-state index contributed by atoms with van der Waals surface area (Å²) >= 11 is 8.01. The van der Waals surface area contributed by atoms with Gasteiger partial charge in [-0.15, -0.1) is 22.9 Å². The number of carbonyl (C=O) groups is 3. The predicted octanol–water partition coefficient (Wildman–Crippen LogP) is 2.49. The van der Waals surface area contributed by atoms with Crippen LogP contribution in [0, 0.1) is 5.92 Å². The molecule has 3 aliphatic heterocycles. The Kier molecular flexibility index (Phi) is 8.04. The highest BCUT2D eigenvalue weighted by molar-refractivity contribution is 7.14. The first-order valence-corrected chi connectivity index (χ1v) is 14.4. The maximum Gasteiger partial charge on any atom is 0.251 e. The quantitative estimate of drug-likeness (QED) is 0.521. The minimum absolute atomic E-state index is 0.0360. The van der Waals surface area contributed by atoms with Gasteiger partial charge >= 0.3 is 0 Å². The third-order valence-corrected chi connectivity index (χ3v) is 8.71. The minimum atomic E-state index is -0.761. The molecule has 2 aromatic rings. The van der Waals surface area contributed by atoms with Crippen LogP contribution in [0.3, 0.4) is 0 Å². The zero-order chi connectivity index (χ0) is 27.0. The van der Waals surface area contributed by atoms with Crippen LogP contribution in [0.2, 0.25) is 0 Å². The number of thiazole rings is 1. The molecule has 1 aromatic carbocycles. The number of benzene rings is 1. The number of nitrogens with zero attached hydrogens (tertiary/aromatic N) is 4. The molecule has 9 nitrogen and oxygen atoms in total. The molecule has 0 bridgehead atoms. The van der Waals surface area contributed by atoms with Crippen LogP contribution in [0.25, 0.3) is 11.3 Å². The van der Waals surface area contributed by atoms with Crippen molar-refractivity contribution in [2.75, 3.05) is 51.3 Å². The molecule has 0 saturated carbocycles. The van der Waals surface area contributed by atoms with Gasteiger partial charge in [-0.2, -0.15) is 0 Å².